The van der Waals surface area contributed by atoms with Gasteiger partial charge in [0.1, 0.15) is 11.6 Å². The van der Waals surface area contributed by atoms with Gasteiger partial charge in [-0.05, 0) is 75.8 Å². The highest BCUT2D eigenvalue weighted by Crippen LogP contribution is 2.38. The lowest BCUT2D eigenvalue weighted by Gasteiger charge is -2.30. The Kier molecular flexibility index (Phi) is 7.83. The van der Waals surface area contributed by atoms with Crippen molar-refractivity contribution in [3.63, 3.8) is 0 Å². The van der Waals surface area contributed by atoms with Crippen LogP contribution in [-0.2, 0) is 12.4 Å². The third kappa shape index (κ3) is 6.13. The molecule has 2 aromatic heterocycles. The van der Waals surface area contributed by atoms with Crippen molar-refractivity contribution in [1.29, 1.82) is 0 Å². The minimum atomic E-state index is -4.60. The van der Waals surface area contributed by atoms with Crippen molar-refractivity contribution < 1.29 is 26.3 Å². The van der Waals surface area contributed by atoms with E-state index in [4.69, 9.17) is 9.97 Å². The molecule has 0 aliphatic carbocycles. The molecule has 4 rings (SSSR count). The molecule has 0 bridgehead atoms. The van der Waals surface area contributed by atoms with Crippen molar-refractivity contribution in [2.24, 2.45) is 0 Å². The van der Waals surface area contributed by atoms with Crippen LogP contribution >= 0.6 is 0 Å². The van der Waals surface area contributed by atoms with E-state index in [0.717, 1.165) is 18.2 Å². The third-order valence-electron chi connectivity index (χ3n) is 6.48. The Labute approximate surface area is 221 Å². The van der Waals surface area contributed by atoms with Crippen molar-refractivity contribution in [2.75, 3.05) is 11.9 Å². The van der Waals surface area contributed by atoms with Crippen LogP contribution in [0.5, 0.6) is 0 Å². The van der Waals surface area contributed by atoms with Crippen molar-refractivity contribution in [3.8, 4) is 11.3 Å². The molecule has 2 aromatic carbocycles. The van der Waals surface area contributed by atoms with E-state index in [-0.39, 0.29) is 23.3 Å². The maximum absolute atomic E-state index is 13.7. The summed E-state index contributed by atoms with van der Waals surface area (Å²) in [7, 11) is 0. The molecule has 5 nitrogen and oxygen atoms in total. The Morgan fingerprint density at radius 1 is 0.872 bits per heavy atom. The van der Waals surface area contributed by atoms with Gasteiger partial charge >= 0.3 is 12.4 Å². The number of anilines is 2. The first kappa shape index (κ1) is 28.3. The number of rotatable bonds is 7. The van der Waals surface area contributed by atoms with E-state index in [2.05, 4.69) is 15.2 Å². The van der Waals surface area contributed by atoms with Gasteiger partial charge in [0.15, 0.2) is 0 Å². The average Bonchev–Trinajstić information content (AvgIpc) is 2.87. The van der Waals surface area contributed by atoms with Gasteiger partial charge in [0, 0.05) is 28.9 Å². The van der Waals surface area contributed by atoms with E-state index in [1.165, 1.54) is 36.5 Å². The second kappa shape index (κ2) is 10.8. The maximum Gasteiger partial charge on any atom is 0.418 e. The SMILES string of the molecule is CCN(C(C)C)C(C)c1nc(Nc2ccc(C(F)(F)F)cc2)c2ccc(-c3ncccc3C(F)(F)F)cc2n1. The van der Waals surface area contributed by atoms with Gasteiger partial charge in [0.2, 0.25) is 0 Å². The summed E-state index contributed by atoms with van der Waals surface area (Å²) in [6, 6.07) is 11.2. The summed E-state index contributed by atoms with van der Waals surface area (Å²) in [5.41, 5.74) is -0.916. The lowest BCUT2D eigenvalue weighted by molar-refractivity contribution is -0.138. The van der Waals surface area contributed by atoms with Crippen LogP contribution in [0.25, 0.3) is 22.2 Å². The summed E-state index contributed by atoms with van der Waals surface area (Å²) < 4.78 is 80.1. The smallest absolute Gasteiger partial charge is 0.340 e. The molecule has 0 amide bonds. The predicted octanol–water partition coefficient (Wildman–Crippen LogP) is 8.26. The number of nitrogens with one attached hydrogen (secondary N) is 1. The van der Waals surface area contributed by atoms with Gasteiger partial charge in [-0.25, -0.2) is 9.97 Å². The van der Waals surface area contributed by atoms with Crippen LogP contribution in [0, 0.1) is 0 Å². The fraction of sp³-hybridized carbons (Fsp3) is 0.321. The topological polar surface area (TPSA) is 53.9 Å². The zero-order valence-electron chi connectivity index (χ0n) is 21.7. The van der Waals surface area contributed by atoms with Crippen molar-refractivity contribution >= 4 is 22.4 Å². The standard InChI is InChI=1S/C28H27F6N5/c1-5-39(16(2)3)17(4)25-37-23-15-18(24-22(28(32,33)34)7-6-14-35-24)8-13-21(23)26(38-25)36-20-11-9-19(10-12-20)27(29,30)31/h6-17H,5H2,1-4H3,(H,36,37,38). The van der Waals surface area contributed by atoms with Crippen LogP contribution in [0.4, 0.5) is 37.8 Å². The van der Waals surface area contributed by atoms with Gasteiger partial charge in [-0.15, -0.1) is 0 Å². The maximum atomic E-state index is 13.7. The molecule has 0 aliphatic rings. The van der Waals surface area contributed by atoms with E-state index in [9.17, 15) is 26.3 Å². The number of hydrogen-bond acceptors (Lipinski definition) is 5. The first-order valence-corrected chi connectivity index (χ1v) is 12.3. The lowest BCUT2D eigenvalue weighted by atomic mass is 10.0. The minimum Gasteiger partial charge on any atom is -0.340 e. The minimum absolute atomic E-state index is 0.157. The number of hydrogen-bond donors (Lipinski definition) is 1. The van der Waals surface area contributed by atoms with E-state index < -0.39 is 23.5 Å². The van der Waals surface area contributed by atoms with Gasteiger partial charge in [0.05, 0.1) is 28.4 Å². The second-order valence-electron chi connectivity index (χ2n) is 9.36. The molecule has 0 spiro atoms. The fourth-order valence-electron chi connectivity index (χ4n) is 4.55. The summed E-state index contributed by atoms with van der Waals surface area (Å²) in [5.74, 6) is 0.742. The van der Waals surface area contributed by atoms with Crippen LogP contribution in [0.2, 0.25) is 0 Å². The highest BCUT2D eigenvalue weighted by molar-refractivity contribution is 5.93. The number of nitrogens with zero attached hydrogens (tertiary/aromatic N) is 4. The molecule has 1 atom stereocenters. The van der Waals surface area contributed by atoms with Crippen LogP contribution in [0.1, 0.15) is 50.7 Å². The largest absolute Gasteiger partial charge is 0.418 e. The quantitative estimate of drug-likeness (QED) is 0.236. The Bertz CT molecular complexity index is 1450. The van der Waals surface area contributed by atoms with Crippen molar-refractivity contribution in [1.82, 2.24) is 19.9 Å². The van der Waals surface area contributed by atoms with Gasteiger partial charge in [0.25, 0.3) is 0 Å². The van der Waals surface area contributed by atoms with Gasteiger partial charge in [-0.2, -0.15) is 26.3 Å². The highest BCUT2D eigenvalue weighted by Gasteiger charge is 2.34. The second-order valence-corrected chi connectivity index (χ2v) is 9.36. The number of aromatic nitrogens is 3. The van der Waals surface area contributed by atoms with E-state index >= 15 is 0 Å². The van der Waals surface area contributed by atoms with E-state index in [0.29, 0.717) is 34.8 Å². The average molecular weight is 548 g/mol. The normalized spacial score (nSPS) is 13.3. The molecule has 0 saturated carbocycles. The molecule has 11 heteroatoms. The Balaban J connectivity index is 1.86. The molecule has 0 radical (unpaired) electrons. The van der Waals surface area contributed by atoms with E-state index in [1.807, 2.05) is 27.7 Å². The lowest BCUT2D eigenvalue weighted by Crippen LogP contribution is -2.34. The summed E-state index contributed by atoms with van der Waals surface area (Å²) in [6.45, 7) is 8.68. The number of fused-ring (bicyclic) bond motifs is 1. The molecule has 4 aromatic rings. The zero-order valence-corrected chi connectivity index (χ0v) is 21.7. The van der Waals surface area contributed by atoms with E-state index in [1.54, 1.807) is 6.07 Å². The van der Waals surface area contributed by atoms with Crippen LogP contribution in [-0.4, -0.2) is 32.4 Å². The van der Waals surface area contributed by atoms with Crippen LogP contribution < -0.4 is 5.32 Å². The highest BCUT2D eigenvalue weighted by atomic mass is 19.4. The zero-order chi connectivity index (χ0) is 28.5. The summed E-state index contributed by atoms with van der Waals surface area (Å²) >= 11 is 0. The molecule has 1 N–H and O–H groups in total. The van der Waals surface area contributed by atoms with Gasteiger partial charge in [-0.1, -0.05) is 13.0 Å². The third-order valence-corrected chi connectivity index (χ3v) is 6.48. The molecular formula is C28H27F6N5. The number of halogens is 6. The van der Waals surface area contributed by atoms with Crippen LogP contribution in [0.3, 0.4) is 0 Å². The Morgan fingerprint density at radius 2 is 1.56 bits per heavy atom. The first-order chi connectivity index (χ1) is 18.3. The monoisotopic (exact) mass is 547 g/mol. The van der Waals surface area contributed by atoms with Crippen molar-refractivity contribution in [3.05, 3.63) is 77.7 Å². The molecule has 39 heavy (non-hydrogen) atoms. The van der Waals surface area contributed by atoms with Crippen molar-refractivity contribution in [2.45, 2.75) is 52.1 Å². The molecule has 0 aliphatic heterocycles. The Morgan fingerprint density at radius 3 is 2.15 bits per heavy atom. The number of benzene rings is 2. The summed E-state index contributed by atoms with van der Waals surface area (Å²) in [4.78, 5) is 15.5. The Hall–Kier alpha value is -3.73. The van der Waals surface area contributed by atoms with Gasteiger partial charge in [-0.3, -0.25) is 9.88 Å². The molecule has 206 valence electrons. The van der Waals surface area contributed by atoms with Crippen LogP contribution in [0.15, 0.2) is 60.8 Å². The predicted molar refractivity (Wildman–Crippen MR) is 138 cm³/mol. The molecule has 2 heterocycles. The first-order valence-electron chi connectivity index (χ1n) is 12.3. The molecule has 0 fully saturated rings. The summed E-state index contributed by atoms with van der Waals surface area (Å²) in [5, 5.41) is 3.56. The number of alkyl halides is 6. The fourth-order valence-corrected chi connectivity index (χ4v) is 4.55. The molecule has 0 saturated heterocycles. The molecule has 1 unspecified atom stereocenters. The van der Waals surface area contributed by atoms with Gasteiger partial charge < -0.3 is 5.32 Å². The molecular weight excluding hydrogens is 520 g/mol. The summed E-state index contributed by atoms with van der Waals surface area (Å²) in [6.07, 6.45) is -7.78. The number of pyridine rings is 1.